The Morgan fingerprint density at radius 2 is 0.590 bits per heavy atom. The molecule has 0 amide bonds. The highest BCUT2D eigenvalue weighted by molar-refractivity contribution is 5.71. The first kappa shape index (κ1) is 58.4. The Bertz CT molecular complexity index is 1070. The van der Waals surface area contributed by atoms with Crippen LogP contribution in [-0.2, 0) is 28.6 Å². The minimum atomic E-state index is -0.793. The van der Waals surface area contributed by atoms with Gasteiger partial charge in [0.25, 0.3) is 0 Å². The third kappa shape index (κ3) is 48.3. The van der Waals surface area contributed by atoms with Crippen molar-refractivity contribution in [3.05, 3.63) is 48.6 Å². The number of unbranched alkanes of at least 4 members (excludes halogenated alkanes) is 28. The first-order valence-electron chi connectivity index (χ1n) is 26.1. The summed E-state index contributed by atoms with van der Waals surface area (Å²) in [6.07, 6.45) is 59.5. The first-order chi connectivity index (χ1) is 30.0. The Kier molecular flexibility index (Phi) is 47.9. The smallest absolute Gasteiger partial charge is 0.306 e. The maximum atomic E-state index is 12.8. The molecule has 0 spiro atoms. The van der Waals surface area contributed by atoms with E-state index < -0.39 is 6.10 Å². The van der Waals surface area contributed by atoms with Crippen LogP contribution in [-0.4, -0.2) is 37.2 Å². The molecule has 0 bridgehead atoms. The van der Waals surface area contributed by atoms with Gasteiger partial charge in [0.05, 0.1) is 0 Å². The number of esters is 3. The Balaban J connectivity index is 4.44. The van der Waals surface area contributed by atoms with Gasteiger partial charge in [0.1, 0.15) is 13.2 Å². The first-order valence-corrected chi connectivity index (χ1v) is 26.1. The molecule has 61 heavy (non-hydrogen) atoms. The molecule has 0 rings (SSSR count). The van der Waals surface area contributed by atoms with Gasteiger partial charge in [-0.1, -0.05) is 211 Å². The number of hydrogen-bond donors (Lipinski definition) is 0. The van der Waals surface area contributed by atoms with E-state index in [0.717, 1.165) is 70.6 Å². The van der Waals surface area contributed by atoms with Crippen LogP contribution in [0.15, 0.2) is 48.6 Å². The summed E-state index contributed by atoms with van der Waals surface area (Å²) in [5, 5.41) is 0. The predicted molar refractivity (Wildman–Crippen MR) is 261 cm³/mol. The van der Waals surface area contributed by atoms with Gasteiger partial charge in [-0.05, 0) is 83.5 Å². The summed E-state index contributed by atoms with van der Waals surface area (Å²) in [4.78, 5) is 37.9. The second kappa shape index (κ2) is 50.0. The van der Waals surface area contributed by atoms with E-state index in [1.54, 1.807) is 0 Å². The second-order valence-electron chi connectivity index (χ2n) is 17.4. The van der Waals surface area contributed by atoms with Gasteiger partial charge in [-0.15, -0.1) is 0 Å². The summed E-state index contributed by atoms with van der Waals surface area (Å²) in [5.74, 6) is -0.928. The van der Waals surface area contributed by atoms with Crippen LogP contribution >= 0.6 is 0 Å². The molecule has 0 fully saturated rings. The minimum absolute atomic E-state index is 0.0887. The van der Waals surface area contributed by atoms with E-state index >= 15 is 0 Å². The van der Waals surface area contributed by atoms with Gasteiger partial charge in [-0.2, -0.15) is 0 Å². The Labute approximate surface area is 378 Å². The van der Waals surface area contributed by atoms with Crippen LogP contribution in [0.5, 0.6) is 0 Å². The SMILES string of the molecule is CCCCC/C=C\C/C=C\C/C=C\CCCCC(=O)O[C@H](COC(=O)CCCCCCC/C=C\CCCCCCCC)COC(=O)CCCCCCCCCCCCCCC. The lowest BCUT2D eigenvalue weighted by molar-refractivity contribution is -0.167. The van der Waals surface area contributed by atoms with Crippen molar-refractivity contribution < 1.29 is 28.6 Å². The molecule has 6 nitrogen and oxygen atoms in total. The van der Waals surface area contributed by atoms with E-state index in [2.05, 4.69) is 69.4 Å². The summed E-state index contributed by atoms with van der Waals surface area (Å²) in [7, 11) is 0. The lowest BCUT2D eigenvalue weighted by Gasteiger charge is -2.18. The average molecular weight is 855 g/mol. The minimum Gasteiger partial charge on any atom is -0.462 e. The van der Waals surface area contributed by atoms with Crippen molar-refractivity contribution in [2.75, 3.05) is 13.2 Å². The maximum absolute atomic E-state index is 12.8. The molecular weight excluding hydrogens is 757 g/mol. The number of hydrogen-bond acceptors (Lipinski definition) is 6. The molecule has 354 valence electrons. The molecule has 0 unspecified atom stereocenters. The van der Waals surface area contributed by atoms with Crippen molar-refractivity contribution >= 4 is 17.9 Å². The predicted octanol–water partition coefficient (Wildman–Crippen LogP) is 17.1. The third-order valence-corrected chi connectivity index (χ3v) is 11.3. The van der Waals surface area contributed by atoms with Gasteiger partial charge in [-0.25, -0.2) is 0 Å². The number of carbonyl (C=O) groups excluding carboxylic acids is 3. The lowest BCUT2D eigenvalue weighted by Crippen LogP contribution is -2.30. The van der Waals surface area contributed by atoms with Gasteiger partial charge < -0.3 is 14.2 Å². The van der Waals surface area contributed by atoms with Gasteiger partial charge in [0, 0.05) is 19.3 Å². The number of ether oxygens (including phenoxy) is 3. The molecule has 0 aliphatic rings. The van der Waals surface area contributed by atoms with Crippen LogP contribution in [0.4, 0.5) is 0 Å². The van der Waals surface area contributed by atoms with Gasteiger partial charge in [0.2, 0.25) is 0 Å². The van der Waals surface area contributed by atoms with Crippen molar-refractivity contribution in [1.29, 1.82) is 0 Å². The lowest BCUT2D eigenvalue weighted by atomic mass is 10.0. The van der Waals surface area contributed by atoms with E-state index in [1.807, 2.05) is 0 Å². The van der Waals surface area contributed by atoms with Gasteiger partial charge >= 0.3 is 17.9 Å². The summed E-state index contributed by atoms with van der Waals surface area (Å²) in [6, 6.07) is 0. The molecule has 0 heterocycles. The molecule has 0 aromatic rings. The monoisotopic (exact) mass is 855 g/mol. The van der Waals surface area contributed by atoms with Crippen molar-refractivity contribution in [2.24, 2.45) is 0 Å². The zero-order valence-electron chi connectivity index (χ0n) is 40.4. The third-order valence-electron chi connectivity index (χ3n) is 11.3. The fourth-order valence-corrected chi connectivity index (χ4v) is 7.33. The Hall–Kier alpha value is -2.63. The fraction of sp³-hybridized carbons (Fsp3) is 0.800. The Morgan fingerprint density at radius 1 is 0.328 bits per heavy atom. The van der Waals surface area contributed by atoms with Crippen LogP contribution in [0.1, 0.15) is 265 Å². The molecule has 0 saturated heterocycles. The zero-order chi connectivity index (χ0) is 44.4. The van der Waals surface area contributed by atoms with Crippen LogP contribution in [0.25, 0.3) is 0 Å². The van der Waals surface area contributed by atoms with E-state index in [0.29, 0.717) is 19.3 Å². The quantitative estimate of drug-likeness (QED) is 0.0263. The second-order valence-corrected chi connectivity index (χ2v) is 17.4. The van der Waals surface area contributed by atoms with Crippen molar-refractivity contribution in [3.8, 4) is 0 Å². The molecule has 0 aliphatic heterocycles. The zero-order valence-corrected chi connectivity index (χ0v) is 40.4. The molecule has 0 N–H and O–H groups in total. The molecular formula is C55H98O6. The number of carbonyl (C=O) groups is 3. The van der Waals surface area contributed by atoms with Gasteiger partial charge in [0.15, 0.2) is 6.10 Å². The van der Waals surface area contributed by atoms with E-state index in [1.165, 1.54) is 148 Å². The summed E-state index contributed by atoms with van der Waals surface area (Å²) < 4.78 is 16.8. The molecule has 0 aromatic heterocycles. The highest BCUT2D eigenvalue weighted by Gasteiger charge is 2.19. The topological polar surface area (TPSA) is 78.9 Å². The summed E-state index contributed by atoms with van der Waals surface area (Å²) in [6.45, 7) is 6.58. The molecule has 0 saturated carbocycles. The molecule has 1 atom stereocenters. The molecule has 0 aromatic carbocycles. The molecule has 6 heteroatoms. The van der Waals surface area contributed by atoms with Crippen molar-refractivity contribution in [2.45, 2.75) is 271 Å². The average Bonchev–Trinajstić information content (AvgIpc) is 3.26. The highest BCUT2D eigenvalue weighted by Crippen LogP contribution is 2.15. The van der Waals surface area contributed by atoms with E-state index in [-0.39, 0.29) is 37.5 Å². The molecule has 0 radical (unpaired) electrons. The van der Waals surface area contributed by atoms with Crippen molar-refractivity contribution in [1.82, 2.24) is 0 Å². The van der Waals surface area contributed by atoms with Crippen LogP contribution < -0.4 is 0 Å². The van der Waals surface area contributed by atoms with Crippen LogP contribution in [0, 0.1) is 0 Å². The maximum Gasteiger partial charge on any atom is 0.306 e. The van der Waals surface area contributed by atoms with Gasteiger partial charge in [-0.3, -0.25) is 14.4 Å². The van der Waals surface area contributed by atoms with E-state index in [4.69, 9.17) is 14.2 Å². The van der Waals surface area contributed by atoms with E-state index in [9.17, 15) is 14.4 Å². The fourth-order valence-electron chi connectivity index (χ4n) is 7.33. The summed E-state index contributed by atoms with van der Waals surface area (Å²) >= 11 is 0. The standard InChI is InChI=1S/C55H98O6/c1-4-7-10-13-16-19-22-25-27-30-33-36-39-42-45-48-54(57)60-51-52(50-59-53(56)47-44-41-38-35-32-29-24-21-18-15-12-9-6-3)61-55(58)49-46-43-40-37-34-31-28-26-23-20-17-14-11-8-5-2/h17,20,25-28,34,37,52H,4-16,18-19,21-24,29-33,35-36,38-51H2,1-3H3/b20-17-,27-25-,28-26-,37-34-/t52-/m0/s1. The van der Waals surface area contributed by atoms with Crippen molar-refractivity contribution in [3.63, 3.8) is 0 Å². The van der Waals surface area contributed by atoms with Crippen LogP contribution in [0.2, 0.25) is 0 Å². The Morgan fingerprint density at radius 3 is 1.00 bits per heavy atom. The summed E-state index contributed by atoms with van der Waals surface area (Å²) in [5.41, 5.74) is 0. The molecule has 0 aliphatic carbocycles. The normalized spacial score (nSPS) is 12.4. The highest BCUT2D eigenvalue weighted by atomic mass is 16.6. The largest absolute Gasteiger partial charge is 0.462 e. The number of rotatable bonds is 47. The number of allylic oxidation sites excluding steroid dienone is 8. The van der Waals surface area contributed by atoms with Crippen LogP contribution in [0.3, 0.4) is 0 Å².